The molecule has 0 aromatic heterocycles. The number of nitrogens with one attached hydrogen (secondary N) is 1. The topological polar surface area (TPSA) is 72.5 Å². The van der Waals surface area contributed by atoms with Crippen LogP contribution in [0.5, 0.6) is 0 Å². The maximum absolute atomic E-state index is 11.9. The molecule has 0 spiro atoms. The van der Waals surface area contributed by atoms with Gasteiger partial charge in [0, 0.05) is 12.1 Å². The molecule has 1 rings (SSSR count). The lowest BCUT2D eigenvalue weighted by molar-refractivity contribution is -0.138. The van der Waals surface area contributed by atoms with Gasteiger partial charge in [0.2, 0.25) is 10.0 Å². The first-order chi connectivity index (χ1) is 9.33. The second kappa shape index (κ2) is 7.21. The van der Waals surface area contributed by atoms with Crippen LogP contribution in [0.4, 0.5) is 0 Å². The minimum atomic E-state index is -3.50. The quantitative estimate of drug-likeness (QED) is 0.473. The molecule has 0 heterocycles. The molecule has 6 heteroatoms. The van der Waals surface area contributed by atoms with Crippen molar-refractivity contribution >= 4 is 16.0 Å². The normalized spacial score (nSPS) is 11.1. The second-order valence-electron chi connectivity index (χ2n) is 4.48. The van der Waals surface area contributed by atoms with Gasteiger partial charge in [0.1, 0.15) is 0 Å². The van der Waals surface area contributed by atoms with E-state index < -0.39 is 16.0 Å². The second-order valence-corrected chi connectivity index (χ2v) is 6.25. The minimum absolute atomic E-state index is 0.155. The van der Waals surface area contributed by atoms with Crippen LogP contribution >= 0.6 is 0 Å². The molecule has 0 fully saturated rings. The predicted octanol–water partition coefficient (Wildman–Crippen LogP) is 1.78. The van der Waals surface area contributed by atoms with Gasteiger partial charge in [0.25, 0.3) is 0 Å². The van der Waals surface area contributed by atoms with E-state index in [1.54, 1.807) is 31.2 Å². The average molecular weight is 297 g/mol. The summed E-state index contributed by atoms with van der Waals surface area (Å²) in [5.74, 6) is -0.466. The molecule has 20 heavy (non-hydrogen) atoms. The van der Waals surface area contributed by atoms with E-state index in [0.29, 0.717) is 12.0 Å². The van der Waals surface area contributed by atoms with Crippen LogP contribution in [0.3, 0.4) is 0 Å². The fourth-order valence-corrected chi connectivity index (χ4v) is 2.44. The molecule has 1 N–H and O–H groups in total. The highest BCUT2D eigenvalue weighted by Gasteiger charge is 2.12. The van der Waals surface area contributed by atoms with Crippen LogP contribution in [-0.2, 0) is 19.6 Å². The Morgan fingerprint density at radius 1 is 1.30 bits per heavy atom. The lowest BCUT2D eigenvalue weighted by Gasteiger charge is -2.07. The molecule has 110 valence electrons. The van der Waals surface area contributed by atoms with Gasteiger partial charge in [-0.05, 0) is 32.4 Å². The highest BCUT2D eigenvalue weighted by Crippen LogP contribution is 2.09. The number of aryl methyl sites for hydroxylation is 1. The van der Waals surface area contributed by atoms with E-state index in [2.05, 4.69) is 11.3 Å². The van der Waals surface area contributed by atoms with Crippen molar-refractivity contribution in [3.8, 4) is 0 Å². The molecule has 0 bridgehead atoms. The van der Waals surface area contributed by atoms with Crippen LogP contribution < -0.4 is 4.72 Å². The summed E-state index contributed by atoms with van der Waals surface area (Å²) in [5, 5.41) is 0. The summed E-state index contributed by atoms with van der Waals surface area (Å²) in [4.78, 5) is 11.3. The SMILES string of the molecule is C=C(C)C(=O)OCCCNS(=O)(=O)c1ccc(C)cc1. The van der Waals surface area contributed by atoms with Crippen molar-refractivity contribution in [2.75, 3.05) is 13.2 Å². The molecular weight excluding hydrogens is 278 g/mol. The number of esters is 1. The molecular formula is C14H19NO4S. The smallest absolute Gasteiger partial charge is 0.333 e. The Kier molecular flexibility index (Phi) is 5.91. The van der Waals surface area contributed by atoms with Gasteiger partial charge in [0.05, 0.1) is 11.5 Å². The van der Waals surface area contributed by atoms with Crippen molar-refractivity contribution in [2.24, 2.45) is 0 Å². The van der Waals surface area contributed by atoms with Crippen LogP contribution in [-0.4, -0.2) is 27.5 Å². The van der Waals surface area contributed by atoms with E-state index >= 15 is 0 Å². The van der Waals surface area contributed by atoms with Crippen LogP contribution in [0.25, 0.3) is 0 Å². The van der Waals surface area contributed by atoms with Gasteiger partial charge in [-0.1, -0.05) is 24.3 Å². The van der Waals surface area contributed by atoms with Gasteiger partial charge < -0.3 is 4.74 Å². The lowest BCUT2D eigenvalue weighted by atomic mass is 10.2. The van der Waals surface area contributed by atoms with Gasteiger partial charge in [-0.15, -0.1) is 0 Å². The molecule has 0 unspecified atom stereocenters. The van der Waals surface area contributed by atoms with Gasteiger partial charge in [-0.2, -0.15) is 0 Å². The number of carbonyl (C=O) groups is 1. The first-order valence-electron chi connectivity index (χ1n) is 6.22. The third kappa shape index (κ3) is 5.14. The molecule has 0 radical (unpaired) electrons. The van der Waals surface area contributed by atoms with Crippen LogP contribution in [0.2, 0.25) is 0 Å². The van der Waals surface area contributed by atoms with Gasteiger partial charge in [-0.25, -0.2) is 17.9 Å². The Bertz CT molecular complexity index is 576. The molecule has 5 nitrogen and oxygen atoms in total. The van der Waals surface area contributed by atoms with Crippen molar-refractivity contribution in [3.05, 3.63) is 42.0 Å². The summed E-state index contributed by atoms with van der Waals surface area (Å²) in [6.07, 6.45) is 0.407. The molecule has 0 saturated carbocycles. The Labute approximate surface area is 119 Å². The van der Waals surface area contributed by atoms with Crippen molar-refractivity contribution < 1.29 is 17.9 Å². The first-order valence-corrected chi connectivity index (χ1v) is 7.70. The zero-order valence-electron chi connectivity index (χ0n) is 11.7. The third-order valence-corrected chi connectivity index (χ3v) is 4.00. The number of rotatable bonds is 7. The Balaban J connectivity index is 2.39. The predicted molar refractivity (Wildman–Crippen MR) is 76.8 cm³/mol. The maximum atomic E-state index is 11.9. The molecule has 0 aliphatic rings. The van der Waals surface area contributed by atoms with E-state index in [-0.39, 0.29) is 18.0 Å². The zero-order chi connectivity index (χ0) is 15.2. The fraction of sp³-hybridized carbons (Fsp3) is 0.357. The van der Waals surface area contributed by atoms with E-state index in [0.717, 1.165) is 5.56 Å². The average Bonchev–Trinajstić information content (AvgIpc) is 2.38. The first kappa shape index (κ1) is 16.4. The summed E-state index contributed by atoms with van der Waals surface area (Å²) in [5.41, 5.74) is 1.32. The number of hydrogen-bond donors (Lipinski definition) is 1. The summed E-state index contributed by atoms with van der Waals surface area (Å²) in [6, 6.07) is 6.59. The molecule has 1 aromatic rings. The molecule has 0 atom stereocenters. The van der Waals surface area contributed by atoms with Crippen LogP contribution in [0.1, 0.15) is 18.9 Å². The van der Waals surface area contributed by atoms with Crippen LogP contribution in [0, 0.1) is 6.92 Å². The molecule has 0 aliphatic carbocycles. The van der Waals surface area contributed by atoms with Crippen molar-refractivity contribution in [1.29, 1.82) is 0 Å². The number of sulfonamides is 1. The Morgan fingerprint density at radius 2 is 1.90 bits per heavy atom. The Hall–Kier alpha value is -1.66. The van der Waals surface area contributed by atoms with Crippen molar-refractivity contribution in [2.45, 2.75) is 25.2 Å². The third-order valence-electron chi connectivity index (χ3n) is 2.53. The van der Waals surface area contributed by atoms with Gasteiger partial charge >= 0.3 is 5.97 Å². The van der Waals surface area contributed by atoms with Crippen molar-refractivity contribution in [3.63, 3.8) is 0 Å². The van der Waals surface area contributed by atoms with E-state index in [1.807, 2.05) is 6.92 Å². The summed E-state index contributed by atoms with van der Waals surface area (Å²) < 4.78 is 31.2. The van der Waals surface area contributed by atoms with Crippen LogP contribution in [0.15, 0.2) is 41.3 Å². The van der Waals surface area contributed by atoms with E-state index in [1.165, 1.54) is 0 Å². The fourth-order valence-electron chi connectivity index (χ4n) is 1.37. The highest BCUT2D eigenvalue weighted by atomic mass is 32.2. The van der Waals surface area contributed by atoms with Gasteiger partial charge in [-0.3, -0.25) is 0 Å². The minimum Gasteiger partial charge on any atom is -0.462 e. The number of benzene rings is 1. The summed E-state index contributed by atoms with van der Waals surface area (Å²) in [6.45, 7) is 7.26. The number of ether oxygens (including phenoxy) is 1. The number of hydrogen-bond acceptors (Lipinski definition) is 4. The maximum Gasteiger partial charge on any atom is 0.333 e. The summed E-state index contributed by atoms with van der Waals surface area (Å²) in [7, 11) is -3.50. The Morgan fingerprint density at radius 3 is 2.45 bits per heavy atom. The monoisotopic (exact) mass is 297 g/mol. The molecule has 0 amide bonds. The van der Waals surface area contributed by atoms with Crippen molar-refractivity contribution in [1.82, 2.24) is 4.72 Å². The molecule has 0 saturated heterocycles. The van der Waals surface area contributed by atoms with E-state index in [4.69, 9.17) is 4.74 Å². The van der Waals surface area contributed by atoms with E-state index in [9.17, 15) is 13.2 Å². The molecule has 0 aliphatic heterocycles. The largest absolute Gasteiger partial charge is 0.462 e. The standard InChI is InChI=1S/C14H19NO4S/c1-11(2)14(16)19-10-4-9-15-20(17,18)13-7-5-12(3)6-8-13/h5-8,15H,1,4,9-10H2,2-3H3. The van der Waals surface area contributed by atoms with Gasteiger partial charge in [0.15, 0.2) is 0 Å². The summed E-state index contributed by atoms with van der Waals surface area (Å²) >= 11 is 0. The molecule has 1 aromatic carbocycles. The lowest BCUT2D eigenvalue weighted by Crippen LogP contribution is -2.25. The number of carbonyl (C=O) groups excluding carboxylic acids is 1. The highest BCUT2D eigenvalue weighted by molar-refractivity contribution is 7.89. The zero-order valence-corrected chi connectivity index (χ0v) is 12.5.